The molecule has 0 nitrogen and oxygen atoms in total. The van der Waals surface area contributed by atoms with Crippen LogP contribution in [0.5, 0.6) is 0 Å². The third kappa shape index (κ3) is 6.11. The van der Waals surface area contributed by atoms with Gasteiger partial charge in [0.05, 0.1) is 5.92 Å². The first-order valence-corrected chi connectivity index (χ1v) is 11.5. The van der Waals surface area contributed by atoms with Crippen LogP contribution in [0.2, 0.25) is 0 Å². The van der Waals surface area contributed by atoms with E-state index in [2.05, 4.69) is 79.0 Å². The van der Waals surface area contributed by atoms with Crippen LogP contribution in [-0.4, -0.2) is 6.26 Å². The van der Waals surface area contributed by atoms with Gasteiger partial charge in [-0.05, 0) is 111 Å². The largest absolute Gasteiger partial charge is 0.130 e. The predicted octanol–water partition coefficient (Wildman–Crippen LogP) is 6.27. The SMILES string of the molecule is CSc1ccc(C#Cc2ccc(C#Cc3ccc(C#C[C]4[CH][CH][CH][CH]4)cc3)c(C)c2)cc1. The summed E-state index contributed by atoms with van der Waals surface area (Å²) < 4.78 is 0. The maximum Gasteiger partial charge on any atom is 0.0558 e. The van der Waals surface area contributed by atoms with Crippen LogP contribution in [0, 0.1) is 74.0 Å². The van der Waals surface area contributed by atoms with Gasteiger partial charge in [0.1, 0.15) is 0 Å². The van der Waals surface area contributed by atoms with Crippen LogP contribution in [0.4, 0.5) is 0 Å². The molecule has 0 amide bonds. The highest BCUT2D eigenvalue weighted by Crippen LogP contribution is 2.21. The van der Waals surface area contributed by atoms with Gasteiger partial charge in [0, 0.05) is 32.7 Å². The summed E-state index contributed by atoms with van der Waals surface area (Å²) in [5.41, 5.74) is 6.11. The first-order chi connectivity index (χ1) is 15.7. The zero-order valence-electron chi connectivity index (χ0n) is 18.1. The maximum atomic E-state index is 3.28. The monoisotopic (exact) mass is 425 g/mol. The first kappa shape index (κ1) is 21.9. The Bertz CT molecular complexity index is 1250. The summed E-state index contributed by atoms with van der Waals surface area (Å²) in [5, 5.41) is 0. The van der Waals surface area contributed by atoms with E-state index >= 15 is 0 Å². The smallest absolute Gasteiger partial charge is 0.0558 e. The van der Waals surface area contributed by atoms with E-state index in [9.17, 15) is 0 Å². The van der Waals surface area contributed by atoms with Crippen molar-refractivity contribution in [1.29, 1.82) is 0 Å². The molecule has 5 radical (unpaired) electrons. The number of benzene rings is 3. The Morgan fingerprint density at radius 2 is 1.06 bits per heavy atom. The summed E-state index contributed by atoms with van der Waals surface area (Å²) in [6.07, 6.45) is 10.1. The Morgan fingerprint density at radius 3 is 1.66 bits per heavy atom. The van der Waals surface area contributed by atoms with E-state index in [4.69, 9.17) is 0 Å². The fourth-order valence-electron chi connectivity index (χ4n) is 3.08. The topological polar surface area (TPSA) is 0 Å². The highest BCUT2D eigenvalue weighted by molar-refractivity contribution is 7.98. The molecule has 0 heterocycles. The Kier molecular flexibility index (Phi) is 7.41. The van der Waals surface area contributed by atoms with Gasteiger partial charge in [-0.15, -0.1) is 11.8 Å². The molecular formula is C31H21S. The van der Waals surface area contributed by atoms with Crippen LogP contribution in [0.25, 0.3) is 0 Å². The number of hydrogen-bond donors (Lipinski definition) is 0. The van der Waals surface area contributed by atoms with Crippen LogP contribution in [0.3, 0.4) is 0 Å². The summed E-state index contributed by atoms with van der Waals surface area (Å²) in [6, 6.07) is 22.5. The third-order valence-corrected chi connectivity index (χ3v) is 5.65. The van der Waals surface area contributed by atoms with Gasteiger partial charge in [-0.3, -0.25) is 0 Å². The molecule has 1 saturated carbocycles. The Morgan fingerprint density at radius 1 is 0.562 bits per heavy atom. The minimum Gasteiger partial charge on any atom is -0.130 e. The normalized spacial score (nSPS) is 12.7. The second-order valence-electron chi connectivity index (χ2n) is 7.26. The lowest BCUT2D eigenvalue weighted by atomic mass is 10.0. The summed E-state index contributed by atoms with van der Waals surface area (Å²) in [5.74, 6) is 20.4. The second-order valence-corrected chi connectivity index (χ2v) is 8.14. The molecule has 3 aromatic carbocycles. The molecule has 0 N–H and O–H groups in total. The van der Waals surface area contributed by atoms with E-state index in [1.54, 1.807) is 11.8 Å². The Balaban J connectivity index is 1.42. The number of thioether (sulfide) groups is 1. The van der Waals surface area contributed by atoms with Crippen molar-refractivity contribution >= 4 is 11.8 Å². The quantitative estimate of drug-likeness (QED) is 0.327. The molecule has 1 fully saturated rings. The van der Waals surface area contributed by atoms with Crippen LogP contribution < -0.4 is 0 Å². The summed E-state index contributed by atoms with van der Waals surface area (Å²) in [7, 11) is 0. The van der Waals surface area contributed by atoms with E-state index < -0.39 is 0 Å². The molecular weight excluding hydrogens is 404 g/mol. The van der Waals surface area contributed by atoms with Crippen LogP contribution in [-0.2, 0) is 0 Å². The highest BCUT2D eigenvalue weighted by Gasteiger charge is 2.13. The van der Waals surface area contributed by atoms with E-state index in [0.29, 0.717) is 0 Å². The molecule has 0 bridgehead atoms. The molecule has 0 aromatic heterocycles. The minimum atomic E-state index is 0.973. The van der Waals surface area contributed by atoms with Gasteiger partial charge in [-0.1, -0.05) is 35.5 Å². The summed E-state index contributed by atoms with van der Waals surface area (Å²) in [4.78, 5) is 1.25. The number of hydrogen-bond acceptors (Lipinski definition) is 1. The summed E-state index contributed by atoms with van der Waals surface area (Å²) in [6.45, 7) is 2.07. The van der Waals surface area contributed by atoms with E-state index in [0.717, 1.165) is 39.3 Å². The van der Waals surface area contributed by atoms with Crippen LogP contribution >= 0.6 is 11.8 Å². The Hall–Kier alpha value is -3.31. The van der Waals surface area contributed by atoms with Crippen molar-refractivity contribution in [3.63, 3.8) is 0 Å². The second kappa shape index (κ2) is 10.8. The van der Waals surface area contributed by atoms with Gasteiger partial charge >= 0.3 is 0 Å². The lowest BCUT2D eigenvalue weighted by Gasteiger charge is -1.99. The fourth-order valence-corrected chi connectivity index (χ4v) is 3.49. The van der Waals surface area contributed by atoms with Crippen molar-refractivity contribution in [3.8, 4) is 35.5 Å². The standard InChI is InChI=1S/C31H21S/c1-24-23-29(14-13-28-17-21-31(32-2)22-18-28)16-20-30(24)19-15-27-11-9-26(10-12-27)8-7-25-5-3-4-6-25/h3-6,9-12,16-18,20-23H,1-2H3. The van der Waals surface area contributed by atoms with Crippen LogP contribution in [0.15, 0.2) is 71.6 Å². The van der Waals surface area contributed by atoms with Gasteiger partial charge in [0.2, 0.25) is 0 Å². The predicted molar refractivity (Wildman–Crippen MR) is 135 cm³/mol. The third-order valence-electron chi connectivity index (χ3n) is 4.91. The lowest BCUT2D eigenvalue weighted by molar-refractivity contribution is 1.42. The maximum absolute atomic E-state index is 3.28. The van der Waals surface area contributed by atoms with Gasteiger partial charge in [-0.25, -0.2) is 0 Å². The molecule has 1 heteroatoms. The summed E-state index contributed by atoms with van der Waals surface area (Å²) >= 11 is 1.73. The molecule has 4 rings (SSSR count). The van der Waals surface area contributed by atoms with Gasteiger partial charge in [0.15, 0.2) is 0 Å². The fraction of sp³-hybridized carbons (Fsp3) is 0.0645. The number of aryl methyl sites for hydroxylation is 1. The molecule has 1 aliphatic rings. The van der Waals surface area contributed by atoms with E-state index in [-0.39, 0.29) is 0 Å². The molecule has 3 aromatic rings. The first-order valence-electron chi connectivity index (χ1n) is 10.3. The molecule has 0 aliphatic heterocycles. The van der Waals surface area contributed by atoms with Gasteiger partial charge in [-0.2, -0.15) is 0 Å². The van der Waals surface area contributed by atoms with Gasteiger partial charge in [0.25, 0.3) is 0 Å². The van der Waals surface area contributed by atoms with Crippen molar-refractivity contribution in [2.45, 2.75) is 11.8 Å². The van der Waals surface area contributed by atoms with Crippen molar-refractivity contribution in [2.24, 2.45) is 0 Å². The average molecular weight is 426 g/mol. The highest BCUT2D eigenvalue weighted by atomic mass is 32.2. The van der Waals surface area contributed by atoms with Crippen molar-refractivity contribution in [2.75, 3.05) is 6.26 Å². The van der Waals surface area contributed by atoms with Gasteiger partial charge < -0.3 is 0 Å². The van der Waals surface area contributed by atoms with Crippen LogP contribution in [0.1, 0.15) is 33.4 Å². The molecule has 151 valence electrons. The van der Waals surface area contributed by atoms with E-state index in [1.165, 1.54) is 4.90 Å². The minimum absolute atomic E-state index is 0.973. The zero-order chi connectivity index (χ0) is 22.2. The molecule has 32 heavy (non-hydrogen) atoms. The molecule has 0 atom stereocenters. The molecule has 1 aliphatic carbocycles. The molecule has 0 saturated heterocycles. The number of rotatable bonds is 1. The zero-order valence-corrected chi connectivity index (χ0v) is 18.9. The average Bonchev–Trinajstić information content (AvgIpc) is 3.35. The van der Waals surface area contributed by atoms with Crippen molar-refractivity contribution in [3.05, 3.63) is 132 Å². The Labute approximate surface area is 196 Å². The molecule has 0 spiro atoms. The lowest BCUT2D eigenvalue weighted by Crippen LogP contribution is -1.86. The molecule has 0 unspecified atom stereocenters. The van der Waals surface area contributed by atoms with Crippen molar-refractivity contribution < 1.29 is 0 Å². The van der Waals surface area contributed by atoms with Crippen molar-refractivity contribution in [1.82, 2.24) is 0 Å². The van der Waals surface area contributed by atoms with E-state index in [1.807, 2.05) is 62.1 Å².